The van der Waals surface area contributed by atoms with Crippen LogP contribution in [0.15, 0.2) is 24.3 Å². The van der Waals surface area contributed by atoms with Crippen LogP contribution in [0.3, 0.4) is 0 Å². The number of carbonyl (C=O) groups is 1. The average molecular weight is 250 g/mol. The van der Waals surface area contributed by atoms with Crippen LogP contribution in [-0.4, -0.2) is 30.1 Å². The third kappa shape index (κ3) is 3.75. The van der Waals surface area contributed by atoms with Crippen molar-refractivity contribution in [3.05, 3.63) is 35.4 Å². The summed E-state index contributed by atoms with van der Waals surface area (Å²) < 4.78 is 0. The largest absolute Gasteiger partial charge is 0.354 e. The Labute approximate surface area is 106 Å². The van der Waals surface area contributed by atoms with E-state index in [1.165, 1.54) is 11.1 Å². The van der Waals surface area contributed by atoms with Gasteiger partial charge in [-0.1, -0.05) is 29.8 Å². The molecule has 0 aliphatic carbocycles. The highest BCUT2D eigenvalue weighted by atomic mass is 32.2. The van der Waals surface area contributed by atoms with Crippen LogP contribution in [0, 0.1) is 6.92 Å². The molecule has 1 aliphatic heterocycles. The molecule has 1 saturated heterocycles. The first kappa shape index (κ1) is 12.5. The third-order valence-electron chi connectivity index (χ3n) is 2.87. The fraction of sp³-hybridized carbons (Fsp3) is 0.462. The Kier molecular flexibility index (Phi) is 4.45. The van der Waals surface area contributed by atoms with Gasteiger partial charge in [0, 0.05) is 18.2 Å². The molecule has 1 unspecified atom stereocenters. The zero-order chi connectivity index (χ0) is 12.1. The summed E-state index contributed by atoms with van der Waals surface area (Å²) >= 11 is 1.77. The van der Waals surface area contributed by atoms with E-state index < -0.39 is 0 Å². The van der Waals surface area contributed by atoms with Crippen molar-refractivity contribution in [3.63, 3.8) is 0 Å². The predicted octanol–water partition coefficient (Wildman–Crippen LogP) is 1.32. The van der Waals surface area contributed by atoms with Gasteiger partial charge in [0.25, 0.3) is 0 Å². The molecule has 2 N–H and O–H groups in total. The van der Waals surface area contributed by atoms with Crippen LogP contribution < -0.4 is 10.6 Å². The van der Waals surface area contributed by atoms with E-state index in [2.05, 4.69) is 41.8 Å². The number of carbonyl (C=O) groups excluding carboxylic acids is 1. The van der Waals surface area contributed by atoms with E-state index in [0.29, 0.717) is 6.54 Å². The van der Waals surface area contributed by atoms with Gasteiger partial charge in [-0.25, -0.2) is 0 Å². The summed E-state index contributed by atoms with van der Waals surface area (Å²) in [5.74, 6) is 1.90. The maximum atomic E-state index is 11.7. The van der Waals surface area contributed by atoms with Crippen LogP contribution in [-0.2, 0) is 11.2 Å². The Bertz CT molecular complexity index is 372. The fourth-order valence-electron chi connectivity index (χ4n) is 1.77. The normalized spacial score (nSPS) is 19.2. The van der Waals surface area contributed by atoms with Crippen LogP contribution in [0.25, 0.3) is 0 Å². The molecule has 0 bridgehead atoms. The van der Waals surface area contributed by atoms with Crippen LogP contribution in [0.1, 0.15) is 11.1 Å². The van der Waals surface area contributed by atoms with Gasteiger partial charge < -0.3 is 5.32 Å². The second-order valence-corrected chi connectivity index (χ2v) is 5.33. The molecule has 1 aromatic carbocycles. The number of hydrogen-bond donors (Lipinski definition) is 2. The first-order valence-electron chi connectivity index (χ1n) is 5.90. The number of nitrogens with one attached hydrogen (secondary N) is 2. The summed E-state index contributed by atoms with van der Waals surface area (Å²) in [6, 6.07) is 8.44. The molecule has 1 heterocycles. The molecule has 0 spiro atoms. The molecule has 2 rings (SSSR count). The summed E-state index contributed by atoms with van der Waals surface area (Å²) in [6.45, 7) is 2.79. The van der Waals surface area contributed by atoms with Crippen LogP contribution in [0.4, 0.5) is 0 Å². The molecule has 1 fully saturated rings. The van der Waals surface area contributed by atoms with Crippen molar-refractivity contribution in [2.75, 3.05) is 18.2 Å². The Morgan fingerprint density at radius 2 is 2.24 bits per heavy atom. The molecule has 1 aliphatic rings. The molecule has 0 radical (unpaired) electrons. The third-order valence-corrected chi connectivity index (χ3v) is 3.81. The van der Waals surface area contributed by atoms with Gasteiger partial charge >= 0.3 is 0 Å². The summed E-state index contributed by atoms with van der Waals surface area (Å²) in [5.41, 5.74) is 2.54. The molecular weight excluding hydrogens is 232 g/mol. The SMILES string of the molecule is Cc1ccc(CCNC(=O)C2CSCN2)cc1. The monoisotopic (exact) mass is 250 g/mol. The maximum Gasteiger partial charge on any atom is 0.238 e. The minimum Gasteiger partial charge on any atom is -0.354 e. The molecule has 17 heavy (non-hydrogen) atoms. The van der Waals surface area contributed by atoms with Crippen molar-refractivity contribution in [2.24, 2.45) is 0 Å². The molecule has 0 saturated carbocycles. The van der Waals surface area contributed by atoms with Gasteiger partial charge in [0.05, 0.1) is 6.04 Å². The van der Waals surface area contributed by atoms with Crippen LogP contribution in [0.5, 0.6) is 0 Å². The summed E-state index contributed by atoms with van der Waals surface area (Å²) in [6.07, 6.45) is 0.895. The topological polar surface area (TPSA) is 41.1 Å². The lowest BCUT2D eigenvalue weighted by molar-refractivity contribution is -0.122. The summed E-state index contributed by atoms with van der Waals surface area (Å²) in [7, 11) is 0. The number of thioether (sulfide) groups is 1. The highest BCUT2D eigenvalue weighted by molar-refractivity contribution is 7.99. The van der Waals surface area contributed by atoms with E-state index in [4.69, 9.17) is 0 Å². The number of benzene rings is 1. The molecule has 3 nitrogen and oxygen atoms in total. The lowest BCUT2D eigenvalue weighted by Gasteiger charge is -2.10. The Morgan fingerprint density at radius 1 is 1.47 bits per heavy atom. The Morgan fingerprint density at radius 3 is 2.88 bits per heavy atom. The van der Waals surface area contributed by atoms with Crippen molar-refractivity contribution in [3.8, 4) is 0 Å². The summed E-state index contributed by atoms with van der Waals surface area (Å²) in [4.78, 5) is 11.7. The van der Waals surface area contributed by atoms with Crippen LogP contribution >= 0.6 is 11.8 Å². The highest BCUT2D eigenvalue weighted by Gasteiger charge is 2.21. The molecule has 4 heteroatoms. The van der Waals surface area contributed by atoms with Crippen molar-refractivity contribution in [2.45, 2.75) is 19.4 Å². The minimum atomic E-state index is -0.00184. The van der Waals surface area contributed by atoms with Gasteiger partial charge in [0.15, 0.2) is 0 Å². The maximum absolute atomic E-state index is 11.7. The standard InChI is InChI=1S/C13H18N2OS/c1-10-2-4-11(5-3-10)6-7-14-13(16)12-8-17-9-15-12/h2-5,12,15H,6-9H2,1H3,(H,14,16). The van der Waals surface area contributed by atoms with E-state index in [1.807, 2.05) is 0 Å². The molecule has 1 aromatic rings. The van der Waals surface area contributed by atoms with E-state index >= 15 is 0 Å². The van der Waals surface area contributed by atoms with Gasteiger partial charge in [0.2, 0.25) is 5.91 Å². The number of aryl methyl sites for hydroxylation is 1. The van der Waals surface area contributed by atoms with Gasteiger partial charge in [0.1, 0.15) is 0 Å². The lowest BCUT2D eigenvalue weighted by Crippen LogP contribution is -2.42. The zero-order valence-corrected chi connectivity index (χ0v) is 10.8. The van der Waals surface area contributed by atoms with Gasteiger partial charge in [-0.15, -0.1) is 11.8 Å². The average Bonchev–Trinajstić information content (AvgIpc) is 2.85. The smallest absolute Gasteiger partial charge is 0.238 e. The lowest BCUT2D eigenvalue weighted by atomic mass is 10.1. The second kappa shape index (κ2) is 6.07. The van der Waals surface area contributed by atoms with Crippen molar-refractivity contribution >= 4 is 17.7 Å². The van der Waals surface area contributed by atoms with E-state index in [9.17, 15) is 4.79 Å². The molecule has 0 aromatic heterocycles. The first-order chi connectivity index (χ1) is 8.25. The van der Waals surface area contributed by atoms with E-state index in [0.717, 1.165) is 18.1 Å². The Balaban J connectivity index is 1.72. The van der Waals surface area contributed by atoms with Gasteiger partial charge in [-0.05, 0) is 18.9 Å². The first-order valence-corrected chi connectivity index (χ1v) is 7.05. The fourth-order valence-corrected chi connectivity index (χ4v) is 2.71. The van der Waals surface area contributed by atoms with Gasteiger partial charge in [-0.3, -0.25) is 10.1 Å². The summed E-state index contributed by atoms with van der Waals surface area (Å²) in [5, 5.41) is 6.14. The number of rotatable bonds is 4. The predicted molar refractivity (Wildman–Crippen MR) is 72.1 cm³/mol. The minimum absolute atomic E-state index is 0.00184. The van der Waals surface area contributed by atoms with E-state index in [-0.39, 0.29) is 11.9 Å². The Hall–Kier alpha value is -1.00. The molecule has 92 valence electrons. The van der Waals surface area contributed by atoms with Crippen molar-refractivity contribution in [1.29, 1.82) is 0 Å². The zero-order valence-electron chi connectivity index (χ0n) is 10.0. The molecule has 1 amide bonds. The number of hydrogen-bond acceptors (Lipinski definition) is 3. The van der Waals surface area contributed by atoms with Crippen LogP contribution in [0.2, 0.25) is 0 Å². The van der Waals surface area contributed by atoms with E-state index in [1.54, 1.807) is 11.8 Å². The second-order valence-electron chi connectivity index (χ2n) is 4.30. The van der Waals surface area contributed by atoms with Gasteiger partial charge in [-0.2, -0.15) is 0 Å². The number of amides is 1. The molecule has 1 atom stereocenters. The van der Waals surface area contributed by atoms with Crippen molar-refractivity contribution < 1.29 is 4.79 Å². The van der Waals surface area contributed by atoms with Crippen molar-refractivity contribution in [1.82, 2.24) is 10.6 Å². The highest BCUT2D eigenvalue weighted by Crippen LogP contribution is 2.09. The quantitative estimate of drug-likeness (QED) is 0.847. The molecular formula is C13H18N2OS.